The topological polar surface area (TPSA) is 95.3 Å². The molecule has 0 fully saturated rings. The third-order valence-corrected chi connectivity index (χ3v) is 4.54. The molecule has 3 rings (SSSR count). The van der Waals surface area contributed by atoms with Gasteiger partial charge in [0.1, 0.15) is 12.7 Å². The van der Waals surface area contributed by atoms with Gasteiger partial charge in [0, 0.05) is 0 Å². The summed E-state index contributed by atoms with van der Waals surface area (Å²) in [6.07, 6.45) is 0.585. The standard InChI is InChI=1S/C23H26N4O4/c1-16(2)30-22(28)21(13-27-15-24-14-25-27)31-23(29)26-17(3)18-9-11-20(12-10-18)19-7-5-4-6-8-19/h4-12,14-17,21H,13H2,1-3H3,(H,26,29). The van der Waals surface area contributed by atoms with Gasteiger partial charge in [0.25, 0.3) is 0 Å². The summed E-state index contributed by atoms with van der Waals surface area (Å²) < 4.78 is 12.0. The van der Waals surface area contributed by atoms with Crippen LogP contribution in [-0.4, -0.2) is 39.0 Å². The first-order valence-electron chi connectivity index (χ1n) is 10.1. The van der Waals surface area contributed by atoms with Crippen LogP contribution < -0.4 is 5.32 Å². The number of nitrogens with zero attached hydrogens (tertiary/aromatic N) is 3. The molecule has 1 aromatic heterocycles. The van der Waals surface area contributed by atoms with Crippen molar-refractivity contribution in [2.24, 2.45) is 0 Å². The van der Waals surface area contributed by atoms with E-state index < -0.39 is 18.2 Å². The molecule has 1 amide bonds. The van der Waals surface area contributed by atoms with Gasteiger partial charge in [0.2, 0.25) is 6.10 Å². The molecule has 2 unspecified atom stereocenters. The molecule has 0 aliphatic carbocycles. The molecule has 0 bridgehead atoms. The molecule has 0 radical (unpaired) electrons. The van der Waals surface area contributed by atoms with Crippen molar-refractivity contribution < 1.29 is 19.1 Å². The average Bonchev–Trinajstić information content (AvgIpc) is 3.26. The van der Waals surface area contributed by atoms with Crippen LogP contribution in [0, 0.1) is 0 Å². The fourth-order valence-electron chi connectivity index (χ4n) is 2.98. The fourth-order valence-corrected chi connectivity index (χ4v) is 2.98. The Morgan fingerprint density at radius 3 is 2.26 bits per heavy atom. The van der Waals surface area contributed by atoms with Crippen LogP contribution in [0.4, 0.5) is 4.79 Å². The zero-order valence-corrected chi connectivity index (χ0v) is 17.8. The molecule has 31 heavy (non-hydrogen) atoms. The van der Waals surface area contributed by atoms with E-state index in [1.165, 1.54) is 17.3 Å². The van der Waals surface area contributed by atoms with E-state index in [0.717, 1.165) is 16.7 Å². The molecular weight excluding hydrogens is 396 g/mol. The van der Waals surface area contributed by atoms with E-state index in [1.54, 1.807) is 13.8 Å². The molecule has 2 atom stereocenters. The van der Waals surface area contributed by atoms with Crippen molar-refractivity contribution in [2.45, 2.75) is 45.6 Å². The Morgan fingerprint density at radius 2 is 1.65 bits per heavy atom. The van der Waals surface area contributed by atoms with Crippen LogP contribution in [0.2, 0.25) is 0 Å². The predicted octanol–water partition coefficient (Wildman–Crippen LogP) is 3.75. The van der Waals surface area contributed by atoms with Crippen LogP contribution in [0.3, 0.4) is 0 Å². The van der Waals surface area contributed by atoms with E-state index in [-0.39, 0.29) is 18.7 Å². The van der Waals surface area contributed by atoms with E-state index in [0.29, 0.717) is 0 Å². The van der Waals surface area contributed by atoms with Crippen LogP contribution in [0.5, 0.6) is 0 Å². The molecule has 2 aromatic carbocycles. The summed E-state index contributed by atoms with van der Waals surface area (Å²) in [6, 6.07) is 17.6. The van der Waals surface area contributed by atoms with Crippen LogP contribution in [-0.2, 0) is 20.8 Å². The molecule has 162 valence electrons. The Morgan fingerprint density at radius 1 is 0.968 bits per heavy atom. The highest BCUT2D eigenvalue weighted by Gasteiger charge is 2.27. The zero-order valence-electron chi connectivity index (χ0n) is 17.8. The molecule has 0 aliphatic rings. The maximum absolute atomic E-state index is 12.5. The van der Waals surface area contributed by atoms with Gasteiger partial charge in [-0.2, -0.15) is 5.10 Å². The molecule has 1 heterocycles. The van der Waals surface area contributed by atoms with Crippen molar-refractivity contribution >= 4 is 12.1 Å². The molecule has 8 nitrogen and oxygen atoms in total. The number of hydrogen-bond acceptors (Lipinski definition) is 6. The summed E-state index contributed by atoms with van der Waals surface area (Å²) in [4.78, 5) is 28.6. The van der Waals surface area contributed by atoms with Crippen LogP contribution in [0.25, 0.3) is 11.1 Å². The van der Waals surface area contributed by atoms with Gasteiger partial charge in [0.05, 0.1) is 18.7 Å². The van der Waals surface area contributed by atoms with Gasteiger partial charge < -0.3 is 14.8 Å². The molecule has 0 saturated heterocycles. The molecule has 0 spiro atoms. The normalized spacial score (nSPS) is 12.8. The number of amides is 1. The first kappa shape index (κ1) is 22.0. The van der Waals surface area contributed by atoms with Crippen LogP contribution in [0.1, 0.15) is 32.4 Å². The molecule has 3 aromatic rings. The monoisotopic (exact) mass is 422 g/mol. The average molecular weight is 422 g/mol. The van der Waals surface area contributed by atoms with Gasteiger partial charge in [-0.3, -0.25) is 0 Å². The minimum Gasteiger partial charge on any atom is -0.460 e. The van der Waals surface area contributed by atoms with Gasteiger partial charge >= 0.3 is 12.1 Å². The lowest BCUT2D eigenvalue weighted by Crippen LogP contribution is -2.38. The second kappa shape index (κ2) is 10.4. The molecule has 0 aliphatic heterocycles. The number of nitrogens with one attached hydrogen (secondary N) is 1. The number of hydrogen-bond donors (Lipinski definition) is 1. The third-order valence-electron chi connectivity index (χ3n) is 4.54. The summed E-state index contributed by atoms with van der Waals surface area (Å²) in [7, 11) is 0. The van der Waals surface area contributed by atoms with E-state index in [9.17, 15) is 9.59 Å². The number of aromatic nitrogens is 3. The van der Waals surface area contributed by atoms with Gasteiger partial charge in [-0.25, -0.2) is 19.3 Å². The van der Waals surface area contributed by atoms with Crippen LogP contribution >= 0.6 is 0 Å². The first-order chi connectivity index (χ1) is 14.9. The smallest absolute Gasteiger partial charge is 0.408 e. The quantitative estimate of drug-likeness (QED) is 0.556. The number of alkyl carbamates (subject to hydrolysis) is 1. The van der Waals surface area contributed by atoms with Gasteiger partial charge in [0.15, 0.2) is 0 Å². The highest BCUT2D eigenvalue weighted by Crippen LogP contribution is 2.22. The zero-order chi connectivity index (χ0) is 22.2. The highest BCUT2D eigenvalue weighted by atomic mass is 16.6. The molecule has 8 heteroatoms. The minimum absolute atomic E-state index is 0.0130. The van der Waals surface area contributed by atoms with Crippen molar-refractivity contribution in [1.29, 1.82) is 0 Å². The molecular formula is C23H26N4O4. The second-order valence-corrected chi connectivity index (χ2v) is 7.35. The Labute approximate surface area is 181 Å². The Hall–Kier alpha value is -3.68. The fraction of sp³-hybridized carbons (Fsp3) is 0.304. The highest BCUT2D eigenvalue weighted by molar-refractivity contribution is 5.79. The van der Waals surface area contributed by atoms with Crippen molar-refractivity contribution in [2.75, 3.05) is 0 Å². The van der Waals surface area contributed by atoms with Gasteiger partial charge in [-0.05, 0) is 37.5 Å². The van der Waals surface area contributed by atoms with E-state index in [2.05, 4.69) is 15.4 Å². The van der Waals surface area contributed by atoms with Crippen molar-refractivity contribution in [1.82, 2.24) is 20.1 Å². The maximum atomic E-state index is 12.5. The van der Waals surface area contributed by atoms with Gasteiger partial charge in [-0.15, -0.1) is 0 Å². The van der Waals surface area contributed by atoms with E-state index in [1.807, 2.05) is 61.5 Å². The lowest BCUT2D eigenvalue weighted by atomic mass is 10.0. The summed E-state index contributed by atoms with van der Waals surface area (Å²) in [6.45, 7) is 5.31. The van der Waals surface area contributed by atoms with Crippen molar-refractivity contribution in [3.63, 3.8) is 0 Å². The first-order valence-corrected chi connectivity index (χ1v) is 10.1. The van der Waals surface area contributed by atoms with E-state index in [4.69, 9.17) is 9.47 Å². The Bertz CT molecular complexity index is 973. The SMILES string of the molecule is CC(C)OC(=O)C(Cn1cncn1)OC(=O)NC(C)c1ccc(-c2ccccc2)cc1. The van der Waals surface area contributed by atoms with Crippen molar-refractivity contribution in [3.8, 4) is 11.1 Å². The lowest BCUT2D eigenvalue weighted by molar-refractivity contribution is -0.158. The Kier molecular flexibility index (Phi) is 7.37. The number of rotatable bonds is 8. The summed E-state index contributed by atoms with van der Waals surface area (Å²) >= 11 is 0. The molecule has 1 N–H and O–H groups in total. The number of benzene rings is 2. The van der Waals surface area contributed by atoms with Crippen LogP contribution in [0.15, 0.2) is 67.3 Å². The third kappa shape index (κ3) is 6.40. The minimum atomic E-state index is -1.14. The lowest BCUT2D eigenvalue weighted by Gasteiger charge is -2.20. The van der Waals surface area contributed by atoms with Gasteiger partial charge in [-0.1, -0.05) is 54.6 Å². The number of ether oxygens (including phenoxy) is 2. The molecule has 0 saturated carbocycles. The summed E-state index contributed by atoms with van der Waals surface area (Å²) in [5.74, 6) is -0.638. The maximum Gasteiger partial charge on any atom is 0.408 e. The second-order valence-electron chi connectivity index (χ2n) is 7.35. The summed E-state index contributed by atoms with van der Waals surface area (Å²) in [5.41, 5.74) is 3.12. The largest absolute Gasteiger partial charge is 0.460 e. The van der Waals surface area contributed by atoms with Crippen molar-refractivity contribution in [3.05, 3.63) is 72.8 Å². The summed E-state index contributed by atoms with van der Waals surface area (Å²) in [5, 5.41) is 6.71. The number of carbonyl (C=O) groups excluding carboxylic acids is 2. The predicted molar refractivity (Wildman–Crippen MR) is 115 cm³/mol. The number of carbonyl (C=O) groups is 2. The Balaban J connectivity index is 1.62. The number of esters is 1. The van der Waals surface area contributed by atoms with E-state index >= 15 is 0 Å².